The van der Waals surface area contributed by atoms with Crippen LogP contribution in [0, 0.1) is 5.82 Å². The normalized spacial score (nSPS) is 16.8. The van der Waals surface area contributed by atoms with Crippen LogP contribution >= 0.6 is 0 Å². The third-order valence-electron chi connectivity index (χ3n) is 5.29. The van der Waals surface area contributed by atoms with E-state index < -0.39 is 21.9 Å². The van der Waals surface area contributed by atoms with Crippen molar-refractivity contribution >= 4 is 15.9 Å². The van der Waals surface area contributed by atoms with E-state index in [1.807, 2.05) is 49.2 Å². The molecule has 0 bridgehead atoms. The smallest absolute Gasteiger partial charge is 0.246 e. The Morgan fingerprint density at radius 1 is 1.03 bits per heavy atom. The summed E-state index contributed by atoms with van der Waals surface area (Å²) in [4.78, 5) is 16.6. The molecule has 6 nitrogen and oxygen atoms in total. The van der Waals surface area contributed by atoms with Gasteiger partial charge < -0.3 is 4.90 Å². The third kappa shape index (κ3) is 4.49. The summed E-state index contributed by atoms with van der Waals surface area (Å²) >= 11 is 0. The van der Waals surface area contributed by atoms with Gasteiger partial charge in [0.05, 0.1) is 0 Å². The average molecular weight is 420 g/mol. The Morgan fingerprint density at radius 2 is 1.62 bits per heavy atom. The van der Waals surface area contributed by atoms with Crippen LogP contribution in [0.15, 0.2) is 59.5 Å². The SMILES string of the molecule is CCN(C)C(C(=O)N1CCN(S(=O)(=O)c2ccccc2F)CC1)c1ccccc1. The van der Waals surface area contributed by atoms with Gasteiger partial charge in [-0.15, -0.1) is 0 Å². The van der Waals surface area contributed by atoms with Crippen molar-refractivity contribution in [3.8, 4) is 0 Å². The molecule has 2 aromatic rings. The molecule has 1 unspecified atom stereocenters. The number of rotatable bonds is 6. The zero-order valence-corrected chi connectivity index (χ0v) is 17.5. The van der Waals surface area contributed by atoms with Gasteiger partial charge >= 0.3 is 0 Å². The van der Waals surface area contributed by atoms with Crippen molar-refractivity contribution in [3.63, 3.8) is 0 Å². The highest BCUT2D eigenvalue weighted by Gasteiger charge is 2.35. The Labute approximate surface area is 171 Å². The molecular formula is C21H26FN3O3S. The van der Waals surface area contributed by atoms with E-state index in [9.17, 15) is 17.6 Å². The van der Waals surface area contributed by atoms with Gasteiger partial charge in [0, 0.05) is 26.2 Å². The van der Waals surface area contributed by atoms with Crippen LogP contribution in [-0.4, -0.2) is 68.2 Å². The van der Waals surface area contributed by atoms with Gasteiger partial charge in [0.25, 0.3) is 0 Å². The number of benzene rings is 2. The van der Waals surface area contributed by atoms with E-state index in [2.05, 4.69) is 0 Å². The Kier molecular flexibility index (Phi) is 6.66. The highest BCUT2D eigenvalue weighted by atomic mass is 32.2. The maximum atomic E-state index is 14.0. The first-order chi connectivity index (χ1) is 13.9. The van der Waals surface area contributed by atoms with Gasteiger partial charge in [-0.05, 0) is 31.3 Å². The summed E-state index contributed by atoms with van der Waals surface area (Å²) in [6, 6.07) is 14.5. The molecular weight excluding hydrogens is 393 g/mol. The molecule has 1 fully saturated rings. The van der Waals surface area contributed by atoms with Crippen LogP contribution in [-0.2, 0) is 14.8 Å². The van der Waals surface area contributed by atoms with Crippen molar-refractivity contribution in [2.24, 2.45) is 0 Å². The Hall–Kier alpha value is -2.29. The number of amides is 1. The molecule has 2 aromatic carbocycles. The van der Waals surface area contributed by atoms with Crippen LogP contribution in [0.4, 0.5) is 4.39 Å². The molecule has 0 N–H and O–H groups in total. The zero-order valence-electron chi connectivity index (χ0n) is 16.7. The lowest BCUT2D eigenvalue weighted by molar-refractivity contribution is -0.138. The van der Waals surface area contributed by atoms with Crippen LogP contribution in [0.2, 0.25) is 0 Å². The topological polar surface area (TPSA) is 60.9 Å². The quantitative estimate of drug-likeness (QED) is 0.721. The minimum absolute atomic E-state index is 0.0523. The Morgan fingerprint density at radius 3 is 2.21 bits per heavy atom. The fourth-order valence-corrected chi connectivity index (χ4v) is 5.01. The number of carbonyl (C=O) groups excluding carboxylic acids is 1. The summed E-state index contributed by atoms with van der Waals surface area (Å²) in [5, 5.41) is 0. The third-order valence-corrected chi connectivity index (χ3v) is 7.23. The van der Waals surface area contributed by atoms with Gasteiger partial charge in [-0.3, -0.25) is 9.69 Å². The summed E-state index contributed by atoms with van der Waals surface area (Å²) in [6.45, 7) is 3.51. The van der Waals surface area contributed by atoms with Gasteiger partial charge in [0.1, 0.15) is 16.8 Å². The van der Waals surface area contributed by atoms with E-state index in [0.29, 0.717) is 6.54 Å². The van der Waals surface area contributed by atoms with Crippen LogP contribution in [0.25, 0.3) is 0 Å². The predicted molar refractivity (Wildman–Crippen MR) is 109 cm³/mol. The summed E-state index contributed by atoms with van der Waals surface area (Å²) in [7, 11) is -2.03. The minimum atomic E-state index is -3.93. The lowest BCUT2D eigenvalue weighted by Gasteiger charge is -2.37. The largest absolute Gasteiger partial charge is 0.338 e. The highest BCUT2D eigenvalue weighted by molar-refractivity contribution is 7.89. The molecule has 29 heavy (non-hydrogen) atoms. The van der Waals surface area contributed by atoms with E-state index in [1.165, 1.54) is 22.5 Å². The molecule has 1 saturated heterocycles. The monoisotopic (exact) mass is 419 g/mol. The molecule has 1 aliphatic rings. The molecule has 3 rings (SSSR count). The summed E-state index contributed by atoms with van der Waals surface area (Å²) in [6.07, 6.45) is 0. The molecule has 0 radical (unpaired) electrons. The van der Waals surface area contributed by atoms with Gasteiger partial charge in [-0.1, -0.05) is 49.4 Å². The van der Waals surface area contributed by atoms with Crippen molar-refractivity contribution in [2.75, 3.05) is 39.8 Å². The molecule has 0 spiro atoms. The lowest BCUT2D eigenvalue weighted by Crippen LogP contribution is -2.53. The summed E-state index contributed by atoms with van der Waals surface area (Å²) in [5.74, 6) is -0.816. The number of hydrogen-bond acceptors (Lipinski definition) is 4. The van der Waals surface area contributed by atoms with Gasteiger partial charge in [0.2, 0.25) is 15.9 Å². The van der Waals surface area contributed by atoms with E-state index in [0.717, 1.165) is 11.6 Å². The van der Waals surface area contributed by atoms with Gasteiger partial charge in [0.15, 0.2) is 0 Å². The number of sulfonamides is 1. The van der Waals surface area contributed by atoms with Crippen molar-refractivity contribution < 1.29 is 17.6 Å². The molecule has 1 heterocycles. The first kappa shape index (κ1) is 21.4. The molecule has 1 atom stereocenters. The number of hydrogen-bond donors (Lipinski definition) is 0. The molecule has 156 valence electrons. The van der Waals surface area contributed by atoms with Crippen molar-refractivity contribution in [3.05, 3.63) is 66.0 Å². The first-order valence-electron chi connectivity index (χ1n) is 9.65. The number of likely N-dealkylation sites (N-methyl/N-ethyl adjacent to an activating group) is 1. The van der Waals surface area contributed by atoms with E-state index in [4.69, 9.17) is 0 Å². The minimum Gasteiger partial charge on any atom is -0.338 e. The highest BCUT2D eigenvalue weighted by Crippen LogP contribution is 2.24. The number of carbonyl (C=O) groups is 1. The number of halogens is 1. The van der Waals surface area contributed by atoms with Crippen molar-refractivity contribution in [1.29, 1.82) is 0 Å². The van der Waals surface area contributed by atoms with Crippen molar-refractivity contribution in [1.82, 2.24) is 14.1 Å². The van der Waals surface area contributed by atoms with Crippen LogP contribution in [0.1, 0.15) is 18.5 Å². The average Bonchev–Trinajstić information content (AvgIpc) is 2.74. The van der Waals surface area contributed by atoms with Gasteiger partial charge in [-0.25, -0.2) is 12.8 Å². The summed E-state index contributed by atoms with van der Waals surface area (Å²) < 4.78 is 40.8. The van der Waals surface area contributed by atoms with Gasteiger partial charge in [-0.2, -0.15) is 4.31 Å². The van der Waals surface area contributed by atoms with Crippen LogP contribution < -0.4 is 0 Å². The molecule has 0 aromatic heterocycles. The molecule has 8 heteroatoms. The summed E-state index contributed by atoms with van der Waals surface area (Å²) in [5.41, 5.74) is 0.906. The molecule has 0 saturated carbocycles. The molecule has 1 aliphatic heterocycles. The fraction of sp³-hybridized carbons (Fsp3) is 0.381. The van der Waals surface area contributed by atoms with E-state index >= 15 is 0 Å². The second-order valence-electron chi connectivity index (χ2n) is 7.05. The second-order valence-corrected chi connectivity index (χ2v) is 8.95. The maximum absolute atomic E-state index is 14.0. The fourth-order valence-electron chi connectivity index (χ4n) is 3.52. The van der Waals surface area contributed by atoms with Crippen molar-refractivity contribution in [2.45, 2.75) is 17.9 Å². The van der Waals surface area contributed by atoms with Crippen LogP contribution in [0.3, 0.4) is 0 Å². The number of piperazine rings is 1. The Bertz CT molecular complexity index is 945. The van der Waals surface area contributed by atoms with E-state index in [-0.39, 0.29) is 37.0 Å². The van der Waals surface area contributed by atoms with E-state index in [1.54, 1.807) is 4.90 Å². The molecule has 0 aliphatic carbocycles. The second kappa shape index (κ2) is 9.02. The standard InChI is InChI=1S/C21H26FN3O3S/c1-3-23(2)20(17-9-5-4-6-10-17)21(26)24-13-15-25(16-14-24)29(27,28)19-12-8-7-11-18(19)22/h4-12,20H,3,13-16H2,1-2H3. The van der Waals surface area contributed by atoms with Crippen LogP contribution in [0.5, 0.6) is 0 Å². The Balaban J connectivity index is 1.74. The maximum Gasteiger partial charge on any atom is 0.246 e. The lowest BCUT2D eigenvalue weighted by atomic mass is 10.0. The first-order valence-corrected chi connectivity index (χ1v) is 11.1. The number of nitrogens with zero attached hydrogens (tertiary/aromatic N) is 3. The molecule has 1 amide bonds. The zero-order chi connectivity index (χ0) is 21.0. The predicted octanol–water partition coefficient (Wildman–Crippen LogP) is 2.35.